The second-order valence-electron chi connectivity index (χ2n) is 7.05. The molecule has 1 aliphatic rings. The number of anilines is 1. The largest absolute Gasteiger partial charge is 0.379 e. The van der Waals surface area contributed by atoms with Crippen molar-refractivity contribution in [2.24, 2.45) is 0 Å². The lowest BCUT2D eigenvalue weighted by Gasteiger charge is -2.28. The van der Waals surface area contributed by atoms with Crippen LogP contribution in [0, 0.1) is 5.82 Å². The van der Waals surface area contributed by atoms with Crippen molar-refractivity contribution in [2.75, 3.05) is 50.5 Å². The van der Waals surface area contributed by atoms with Gasteiger partial charge in [0.05, 0.1) is 23.5 Å². The van der Waals surface area contributed by atoms with Gasteiger partial charge in [-0.25, -0.2) is 9.37 Å². The van der Waals surface area contributed by atoms with Gasteiger partial charge in [0, 0.05) is 31.1 Å². The van der Waals surface area contributed by atoms with Crippen molar-refractivity contribution in [3.8, 4) is 0 Å². The van der Waals surface area contributed by atoms with Crippen LogP contribution in [0.1, 0.15) is 16.8 Å². The Kier molecular flexibility index (Phi) is 8.68. The highest BCUT2D eigenvalue weighted by atomic mass is 35.5. The number of thiazole rings is 1. The predicted octanol–water partition coefficient (Wildman–Crippen LogP) is 4.95. The minimum absolute atomic E-state index is 0. The van der Waals surface area contributed by atoms with Crippen LogP contribution in [0.4, 0.5) is 9.52 Å². The third kappa shape index (κ3) is 5.56. The first-order chi connectivity index (χ1) is 14.7. The number of carbonyl (C=O) groups is 1. The number of fused-ring (bicyclic) bond motifs is 1. The van der Waals surface area contributed by atoms with Gasteiger partial charge in [0.25, 0.3) is 5.91 Å². The molecule has 2 heterocycles. The molecule has 0 spiro atoms. The second kappa shape index (κ2) is 11.2. The number of nitrogens with zero attached hydrogens (tertiary/aromatic N) is 3. The number of halogens is 2. The molecule has 31 heavy (non-hydrogen) atoms. The third-order valence-corrected chi connectivity index (χ3v) is 6.97. The minimum atomic E-state index is -0.361. The van der Waals surface area contributed by atoms with Crippen LogP contribution in [0.5, 0.6) is 0 Å². The highest BCUT2D eigenvalue weighted by Gasteiger charge is 2.24. The van der Waals surface area contributed by atoms with E-state index >= 15 is 0 Å². The van der Waals surface area contributed by atoms with E-state index < -0.39 is 0 Å². The van der Waals surface area contributed by atoms with Crippen molar-refractivity contribution in [2.45, 2.75) is 11.3 Å². The molecule has 4 rings (SSSR count). The average Bonchev–Trinajstić information content (AvgIpc) is 3.22. The quantitative estimate of drug-likeness (QED) is 0.447. The molecule has 1 amide bonds. The predicted molar refractivity (Wildman–Crippen MR) is 129 cm³/mol. The maximum atomic E-state index is 14.2. The Labute approximate surface area is 196 Å². The number of para-hydroxylation sites is 1. The summed E-state index contributed by atoms with van der Waals surface area (Å²) >= 11 is 2.90. The molecular weight excluding hydrogens is 457 g/mol. The molecule has 1 saturated heterocycles. The van der Waals surface area contributed by atoms with Crippen LogP contribution < -0.4 is 4.90 Å². The van der Waals surface area contributed by atoms with E-state index in [0.29, 0.717) is 22.8 Å². The molecule has 0 unspecified atom stereocenters. The number of ether oxygens (including phenoxy) is 1. The van der Waals surface area contributed by atoms with Crippen LogP contribution in [-0.2, 0) is 4.74 Å². The summed E-state index contributed by atoms with van der Waals surface area (Å²) in [7, 11) is 0. The van der Waals surface area contributed by atoms with Gasteiger partial charge in [-0.05, 0) is 36.9 Å². The Morgan fingerprint density at radius 3 is 2.74 bits per heavy atom. The number of carbonyl (C=O) groups excluding carboxylic acids is 1. The molecule has 1 fully saturated rings. The fourth-order valence-electron chi connectivity index (χ4n) is 3.55. The zero-order valence-corrected chi connectivity index (χ0v) is 19.7. The molecule has 2 aromatic carbocycles. The second-order valence-corrected chi connectivity index (χ2v) is 8.90. The Bertz CT molecular complexity index is 1030. The van der Waals surface area contributed by atoms with E-state index in [0.717, 1.165) is 48.9 Å². The Hall–Kier alpha value is -1.71. The Balaban J connectivity index is 0.00000272. The lowest BCUT2D eigenvalue weighted by Crippen LogP contribution is -2.39. The molecule has 166 valence electrons. The summed E-state index contributed by atoms with van der Waals surface area (Å²) in [6.45, 7) is 4.74. The maximum absolute atomic E-state index is 14.2. The molecular formula is C22H25ClFN3O2S2. The molecule has 0 N–H and O–H groups in total. The van der Waals surface area contributed by atoms with Crippen molar-refractivity contribution in [3.63, 3.8) is 0 Å². The summed E-state index contributed by atoms with van der Waals surface area (Å²) < 4.78 is 20.4. The number of amides is 1. The van der Waals surface area contributed by atoms with Gasteiger partial charge in [-0.15, -0.1) is 24.2 Å². The first-order valence-electron chi connectivity index (χ1n) is 9.97. The molecule has 0 saturated carbocycles. The molecule has 0 bridgehead atoms. The van der Waals surface area contributed by atoms with E-state index in [4.69, 9.17) is 4.74 Å². The van der Waals surface area contributed by atoms with Crippen molar-refractivity contribution >= 4 is 56.8 Å². The van der Waals surface area contributed by atoms with E-state index in [2.05, 4.69) is 9.88 Å². The zero-order chi connectivity index (χ0) is 20.9. The summed E-state index contributed by atoms with van der Waals surface area (Å²) in [6.07, 6.45) is 2.77. The van der Waals surface area contributed by atoms with E-state index in [1.807, 2.05) is 36.6 Å². The lowest BCUT2D eigenvalue weighted by atomic mass is 10.2. The first kappa shape index (κ1) is 23.9. The molecule has 0 radical (unpaired) electrons. The van der Waals surface area contributed by atoms with Crippen molar-refractivity contribution < 1.29 is 13.9 Å². The van der Waals surface area contributed by atoms with Gasteiger partial charge in [0.2, 0.25) is 0 Å². The number of thioether (sulfide) groups is 1. The molecule has 9 heteroatoms. The van der Waals surface area contributed by atoms with E-state index in [9.17, 15) is 9.18 Å². The number of rotatable bonds is 7. The molecule has 0 atom stereocenters. The number of aromatic nitrogens is 1. The summed E-state index contributed by atoms with van der Waals surface area (Å²) in [5.74, 6) is -0.457. The minimum Gasteiger partial charge on any atom is -0.379 e. The van der Waals surface area contributed by atoms with Gasteiger partial charge in [0.15, 0.2) is 5.13 Å². The lowest BCUT2D eigenvalue weighted by molar-refractivity contribution is 0.0376. The molecule has 5 nitrogen and oxygen atoms in total. The average molecular weight is 482 g/mol. The maximum Gasteiger partial charge on any atom is 0.261 e. The SMILES string of the molecule is CSc1ccccc1C(=O)N(CCCN1CCOCC1)c1nc2c(F)cccc2s1.Cl. The summed E-state index contributed by atoms with van der Waals surface area (Å²) in [5.41, 5.74) is 0.970. The highest BCUT2D eigenvalue weighted by molar-refractivity contribution is 7.98. The topological polar surface area (TPSA) is 45.7 Å². The zero-order valence-electron chi connectivity index (χ0n) is 17.3. The van der Waals surface area contributed by atoms with Crippen LogP contribution in [0.2, 0.25) is 0 Å². The number of benzene rings is 2. The number of hydrogen-bond donors (Lipinski definition) is 0. The van der Waals surface area contributed by atoms with Crippen LogP contribution in [0.15, 0.2) is 47.4 Å². The summed E-state index contributed by atoms with van der Waals surface area (Å²) in [5, 5.41) is 0.540. The standard InChI is InChI=1S/C22H24FN3O2S2.ClH/c1-29-18-8-3-2-6-16(18)21(27)26(11-5-10-25-12-14-28-15-13-25)22-24-20-17(23)7-4-9-19(20)30-22;/h2-4,6-9H,5,10-15H2,1H3;1H. The molecule has 1 aliphatic heterocycles. The first-order valence-corrected chi connectivity index (χ1v) is 12.0. The molecule has 0 aliphatic carbocycles. The normalized spacial score (nSPS) is 14.4. The highest BCUT2D eigenvalue weighted by Crippen LogP contribution is 2.32. The third-order valence-electron chi connectivity index (χ3n) is 5.13. The van der Waals surface area contributed by atoms with Gasteiger partial charge in [-0.1, -0.05) is 29.5 Å². The van der Waals surface area contributed by atoms with Gasteiger partial charge in [0.1, 0.15) is 11.3 Å². The Morgan fingerprint density at radius 2 is 2.00 bits per heavy atom. The smallest absolute Gasteiger partial charge is 0.261 e. The van der Waals surface area contributed by atoms with Crippen LogP contribution in [0.3, 0.4) is 0 Å². The van der Waals surface area contributed by atoms with Crippen LogP contribution >= 0.6 is 35.5 Å². The summed E-state index contributed by atoms with van der Waals surface area (Å²) in [6, 6.07) is 12.5. The van der Waals surface area contributed by atoms with E-state index in [-0.39, 0.29) is 24.1 Å². The molecule has 3 aromatic rings. The van der Waals surface area contributed by atoms with Crippen LogP contribution in [-0.4, -0.2) is 61.4 Å². The Morgan fingerprint density at radius 1 is 1.23 bits per heavy atom. The number of morpholine rings is 1. The molecule has 1 aromatic heterocycles. The van der Waals surface area contributed by atoms with Crippen LogP contribution in [0.25, 0.3) is 10.2 Å². The van der Waals surface area contributed by atoms with Gasteiger partial charge >= 0.3 is 0 Å². The fraction of sp³-hybridized carbons (Fsp3) is 0.364. The number of hydrogen-bond acceptors (Lipinski definition) is 6. The fourth-order valence-corrected chi connectivity index (χ4v) is 5.14. The van der Waals surface area contributed by atoms with Crippen molar-refractivity contribution in [1.29, 1.82) is 0 Å². The van der Waals surface area contributed by atoms with Crippen molar-refractivity contribution in [1.82, 2.24) is 9.88 Å². The van der Waals surface area contributed by atoms with E-state index in [1.165, 1.54) is 17.4 Å². The van der Waals surface area contributed by atoms with Gasteiger partial charge < -0.3 is 4.74 Å². The monoisotopic (exact) mass is 481 g/mol. The van der Waals surface area contributed by atoms with Gasteiger partial charge in [-0.2, -0.15) is 0 Å². The van der Waals surface area contributed by atoms with E-state index in [1.54, 1.807) is 22.7 Å². The van der Waals surface area contributed by atoms with Crippen molar-refractivity contribution in [3.05, 3.63) is 53.8 Å². The van der Waals surface area contributed by atoms with Gasteiger partial charge in [-0.3, -0.25) is 14.6 Å². The summed E-state index contributed by atoms with van der Waals surface area (Å²) in [4.78, 5) is 23.0.